The fourth-order valence-electron chi connectivity index (χ4n) is 2.38. The Morgan fingerprint density at radius 2 is 2.17 bits per heavy atom. The predicted molar refractivity (Wildman–Crippen MR) is 97.5 cm³/mol. The third kappa shape index (κ3) is 5.01. The summed E-state index contributed by atoms with van der Waals surface area (Å²) in [5.74, 6) is 0. The molecule has 0 aliphatic carbocycles. The van der Waals surface area contributed by atoms with Crippen molar-refractivity contribution < 1.29 is 9.53 Å². The van der Waals surface area contributed by atoms with Gasteiger partial charge in [0.1, 0.15) is 0 Å². The molecule has 2 rings (SSSR count). The molecular formula is C18H24ClN3O2. The van der Waals surface area contributed by atoms with Crippen LogP contribution in [0.4, 0.5) is 10.5 Å². The molecule has 24 heavy (non-hydrogen) atoms. The Balaban J connectivity index is 2.07. The SMILES string of the molecule is COCCCN(Cc1cccn1C)C(=O)Nc1ccc(C)c(Cl)c1. The fraction of sp³-hybridized carbons (Fsp3) is 0.389. The minimum absolute atomic E-state index is 0.146. The van der Waals surface area contributed by atoms with Crippen LogP contribution in [0.5, 0.6) is 0 Å². The van der Waals surface area contributed by atoms with Crippen LogP contribution in [0.15, 0.2) is 36.5 Å². The van der Waals surface area contributed by atoms with Gasteiger partial charge in [0, 0.05) is 49.9 Å². The van der Waals surface area contributed by atoms with E-state index in [0.717, 1.165) is 17.7 Å². The fourth-order valence-corrected chi connectivity index (χ4v) is 2.56. The summed E-state index contributed by atoms with van der Waals surface area (Å²) in [6.45, 7) is 3.71. The van der Waals surface area contributed by atoms with Gasteiger partial charge >= 0.3 is 6.03 Å². The minimum Gasteiger partial charge on any atom is -0.385 e. The molecule has 0 saturated carbocycles. The number of aromatic nitrogens is 1. The van der Waals surface area contributed by atoms with E-state index in [1.807, 2.05) is 49.0 Å². The molecule has 1 aromatic carbocycles. The molecule has 1 aromatic heterocycles. The zero-order valence-corrected chi connectivity index (χ0v) is 15.1. The van der Waals surface area contributed by atoms with Crippen LogP contribution in [0.1, 0.15) is 17.7 Å². The second-order valence-corrected chi connectivity index (χ2v) is 6.18. The molecule has 6 heteroatoms. The van der Waals surface area contributed by atoms with Gasteiger partial charge in [0.2, 0.25) is 0 Å². The summed E-state index contributed by atoms with van der Waals surface area (Å²) in [5.41, 5.74) is 2.75. The largest absolute Gasteiger partial charge is 0.385 e. The first kappa shape index (κ1) is 18.4. The van der Waals surface area contributed by atoms with Crippen LogP contribution in [0.25, 0.3) is 0 Å². The van der Waals surface area contributed by atoms with E-state index in [9.17, 15) is 4.79 Å². The van der Waals surface area contributed by atoms with Crippen LogP contribution >= 0.6 is 11.6 Å². The third-order valence-corrected chi connectivity index (χ3v) is 4.30. The van der Waals surface area contributed by atoms with Crippen molar-refractivity contribution in [3.8, 4) is 0 Å². The van der Waals surface area contributed by atoms with Crippen molar-refractivity contribution in [2.24, 2.45) is 7.05 Å². The molecule has 1 N–H and O–H groups in total. The predicted octanol–water partition coefficient (Wildman–Crippen LogP) is 4.06. The molecule has 0 spiro atoms. The normalized spacial score (nSPS) is 10.7. The van der Waals surface area contributed by atoms with Crippen molar-refractivity contribution in [3.05, 3.63) is 52.8 Å². The van der Waals surface area contributed by atoms with Crippen LogP contribution in [-0.4, -0.2) is 35.8 Å². The summed E-state index contributed by atoms with van der Waals surface area (Å²) in [6, 6.07) is 9.36. The topological polar surface area (TPSA) is 46.5 Å². The van der Waals surface area contributed by atoms with Gasteiger partial charge in [0.05, 0.1) is 6.54 Å². The van der Waals surface area contributed by atoms with Crippen molar-refractivity contribution in [1.29, 1.82) is 0 Å². The number of rotatable bonds is 7. The minimum atomic E-state index is -0.146. The van der Waals surface area contributed by atoms with Crippen LogP contribution in [0.2, 0.25) is 5.02 Å². The van der Waals surface area contributed by atoms with Gasteiger partial charge in [-0.1, -0.05) is 17.7 Å². The van der Waals surface area contributed by atoms with Gasteiger partial charge in [0.25, 0.3) is 0 Å². The van der Waals surface area contributed by atoms with Gasteiger partial charge < -0.3 is 19.5 Å². The van der Waals surface area contributed by atoms with Gasteiger partial charge in [-0.15, -0.1) is 0 Å². The molecular weight excluding hydrogens is 326 g/mol. The maximum absolute atomic E-state index is 12.7. The number of nitrogens with zero attached hydrogens (tertiary/aromatic N) is 2. The smallest absolute Gasteiger partial charge is 0.322 e. The first-order valence-electron chi connectivity index (χ1n) is 7.92. The lowest BCUT2D eigenvalue weighted by atomic mass is 10.2. The standard InChI is InChI=1S/C18H24ClN3O2/c1-14-7-8-15(12-17(14)19)20-18(23)22(10-5-11-24-3)13-16-6-4-9-21(16)2/h4,6-9,12H,5,10-11,13H2,1-3H3,(H,20,23). The van der Waals surface area contributed by atoms with E-state index in [1.165, 1.54) is 0 Å². The number of hydrogen-bond acceptors (Lipinski definition) is 2. The summed E-state index contributed by atoms with van der Waals surface area (Å²) in [7, 11) is 3.64. The number of nitrogens with one attached hydrogen (secondary N) is 1. The Kier molecular flexibility index (Phi) is 6.70. The van der Waals surface area contributed by atoms with E-state index < -0.39 is 0 Å². The summed E-state index contributed by atoms with van der Waals surface area (Å²) >= 11 is 6.13. The summed E-state index contributed by atoms with van der Waals surface area (Å²) in [5, 5.41) is 3.56. The molecule has 0 bridgehead atoms. The molecule has 0 saturated heterocycles. The third-order valence-electron chi connectivity index (χ3n) is 3.89. The maximum Gasteiger partial charge on any atom is 0.322 e. The second-order valence-electron chi connectivity index (χ2n) is 5.77. The molecule has 2 amide bonds. The molecule has 5 nitrogen and oxygen atoms in total. The molecule has 0 radical (unpaired) electrons. The highest BCUT2D eigenvalue weighted by atomic mass is 35.5. The number of hydrogen-bond donors (Lipinski definition) is 1. The van der Waals surface area contributed by atoms with E-state index in [2.05, 4.69) is 5.32 Å². The Labute approximate surface area is 148 Å². The molecule has 0 aliphatic heterocycles. The van der Waals surface area contributed by atoms with Crippen molar-refractivity contribution in [2.75, 3.05) is 25.6 Å². The number of benzene rings is 1. The molecule has 0 aliphatic rings. The lowest BCUT2D eigenvalue weighted by molar-refractivity contribution is 0.171. The highest BCUT2D eigenvalue weighted by Crippen LogP contribution is 2.20. The van der Waals surface area contributed by atoms with Crippen LogP contribution in [0, 0.1) is 6.92 Å². The van der Waals surface area contributed by atoms with Crippen molar-refractivity contribution in [3.63, 3.8) is 0 Å². The molecule has 0 unspecified atom stereocenters. The quantitative estimate of drug-likeness (QED) is 0.766. The van der Waals surface area contributed by atoms with Crippen LogP contribution in [-0.2, 0) is 18.3 Å². The highest BCUT2D eigenvalue weighted by molar-refractivity contribution is 6.31. The molecule has 0 atom stereocenters. The lowest BCUT2D eigenvalue weighted by Gasteiger charge is -2.23. The van der Waals surface area contributed by atoms with E-state index in [-0.39, 0.29) is 6.03 Å². The molecule has 130 valence electrons. The summed E-state index contributed by atoms with van der Waals surface area (Å²) in [6.07, 6.45) is 2.75. The second kappa shape index (κ2) is 8.76. The number of amides is 2. The Hall–Kier alpha value is -1.98. The monoisotopic (exact) mass is 349 g/mol. The van der Waals surface area contributed by atoms with E-state index >= 15 is 0 Å². The number of anilines is 1. The Morgan fingerprint density at radius 1 is 1.38 bits per heavy atom. The van der Waals surface area contributed by atoms with Gasteiger partial charge in [-0.05, 0) is 43.2 Å². The Bertz CT molecular complexity index is 685. The number of ether oxygens (including phenoxy) is 1. The average molecular weight is 350 g/mol. The number of carbonyl (C=O) groups excluding carboxylic acids is 1. The zero-order chi connectivity index (χ0) is 17.5. The number of methoxy groups -OCH3 is 1. The van der Waals surface area contributed by atoms with Gasteiger partial charge in [-0.25, -0.2) is 4.79 Å². The van der Waals surface area contributed by atoms with Gasteiger partial charge in [-0.3, -0.25) is 0 Å². The van der Waals surface area contributed by atoms with E-state index in [0.29, 0.717) is 30.4 Å². The average Bonchev–Trinajstić information content (AvgIpc) is 2.95. The van der Waals surface area contributed by atoms with Crippen LogP contribution in [0.3, 0.4) is 0 Å². The van der Waals surface area contributed by atoms with Crippen molar-refractivity contribution >= 4 is 23.3 Å². The van der Waals surface area contributed by atoms with Crippen molar-refractivity contribution in [1.82, 2.24) is 9.47 Å². The number of urea groups is 1. The van der Waals surface area contributed by atoms with E-state index in [4.69, 9.17) is 16.3 Å². The van der Waals surface area contributed by atoms with Crippen LogP contribution < -0.4 is 5.32 Å². The first-order valence-corrected chi connectivity index (χ1v) is 8.30. The van der Waals surface area contributed by atoms with E-state index in [1.54, 1.807) is 18.1 Å². The number of aryl methyl sites for hydroxylation is 2. The number of halogens is 1. The highest BCUT2D eigenvalue weighted by Gasteiger charge is 2.15. The van der Waals surface area contributed by atoms with Crippen molar-refractivity contribution in [2.45, 2.75) is 19.9 Å². The number of carbonyl (C=O) groups is 1. The first-order chi connectivity index (χ1) is 11.5. The van der Waals surface area contributed by atoms with Gasteiger partial charge in [-0.2, -0.15) is 0 Å². The molecule has 2 aromatic rings. The zero-order valence-electron chi connectivity index (χ0n) is 14.4. The Morgan fingerprint density at radius 3 is 2.79 bits per heavy atom. The summed E-state index contributed by atoms with van der Waals surface area (Å²) < 4.78 is 7.11. The maximum atomic E-state index is 12.7. The molecule has 0 fully saturated rings. The summed E-state index contributed by atoms with van der Waals surface area (Å²) in [4.78, 5) is 14.4. The lowest BCUT2D eigenvalue weighted by Crippen LogP contribution is -2.36. The molecule has 1 heterocycles. The van der Waals surface area contributed by atoms with Gasteiger partial charge in [0.15, 0.2) is 0 Å².